The fraction of sp³-hybridized carbons (Fsp3) is 0.308. The van der Waals surface area contributed by atoms with Gasteiger partial charge in [0.05, 0.1) is 0 Å². The minimum absolute atomic E-state index is 0.247. The molecule has 0 unspecified atom stereocenters. The van der Waals surface area contributed by atoms with Crippen molar-refractivity contribution in [2.45, 2.75) is 20.3 Å². The van der Waals surface area contributed by atoms with Crippen LogP contribution < -0.4 is 0 Å². The van der Waals surface area contributed by atoms with Gasteiger partial charge in [-0.3, -0.25) is 4.79 Å². The van der Waals surface area contributed by atoms with Gasteiger partial charge in [0, 0.05) is 6.92 Å². The molecular formula is C13H16O2. The SMILES string of the molecule is CCc1ccccc1/C=C/COC(C)=O. The number of benzene rings is 1. The van der Waals surface area contributed by atoms with Crippen LogP contribution in [-0.2, 0) is 16.0 Å². The highest BCUT2D eigenvalue weighted by Gasteiger charge is 1.94. The summed E-state index contributed by atoms with van der Waals surface area (Å²) in [5.41, 5.74) is 2.49. The number of hydrogen-bond donors (Lipinski definition) is 0. The zero-order chi connectivity index (χ0) is 11.1. The summed E-state index contributed by atoms with van der Waals surface area (Å²) in [5.74, 6) is -0.247. The molecule has 2 nitrogen and oxygen atoms in total. The summed E-state index contributed by atoms with van der Waals surface area (Å²) in [7, 11) is 0. The van der Waals surface area contributed by atoms with Crippen LogP contribution >= 0.6 is 0 Å². The summed E-state index contributed by atoms with van der Waals surface area (Å²) in [6.45, 7) is 3.87. The fourth-order valence-electron chi connectivity index (χ4n) is 1.36. The molecule has 0 N–H and O–H groups in total. The summed E-state index contributed by atoms with van der Waals surface area (Å²) >= 11 is 0. The number of ether oxygens (including phenoxy) is 1. The van der Waals surface area contributed by atoms with Crippen molar-refractivity contribution in [3.63, 3.8) is 0 Å². The molecule has 0 atom stereocenters. The molecule has 0 fully saturated rings. The van der Waals surface area contributed by atoms with Crippen LogP contribution in [0.5, 0.6) is 0 Å². The third kappa shape index (κ3) is 3.98. The van der Waals surface area contributed by atoms with E-state index in [9.17, 15) is 4.79 Å². The van der Waals surface area contributed by atoms with Crippen LogP contribution in [0.1, 0.15) is 25.0 Å². The smallest absolute Gasteiger partial charge is 0.302 e. The summed E-state index contributed by atoms with van der Waals surface area (Å²) in [4.78, 5) is 10.5. The van der Waals surface area contributed by atoms with E-state index in [-0.39, 0.29) is 5.97 Å². The first-order valence-electron chi connectivity index (χ1n) is 5.12. The van der Waals surface area contributed by atoms with E-state index in [1.165, 1.54) is 18.1 Å². The predicted molar refractivity (Wildman–Crippen MR) is 61.5 cm³/mol. The Balaban J connectivity index is 2.59. The maximum atomic E-state index is 10.5. The van der Waals surface area contributed by atoms with Gasteiger partial charge < -0.3 is 4.74 Å². The molecule has 1 aromatic carbocycles. The Bertz CT molecular complexity index is 353. The van der Waals surface area contributed by atoms with Crippen LogP contribution in [0.15, 0.2) is 30.3 Å². The van der Waals surface area contributed by atoms with Crippen LogP contribution in [-0.4, -0.2) is 12.6 Å². The fourth-order valence-corrected chi connectivity index (χ4v) is 1.36. The average molecular weight is 204 g/mol. The lowest BCUT2D eigenvalue weighted by molar-refractivity contribution is -0.139. The van der Waals surface area contributed by atoms with E-state index in [1.54, 1.807) is 0 Å². The topological polar surface area (TPSA) is 26.3 Å². The molecule has 2 heteroatoms. The number of carbonyl (C=O) groups excluding carboxylic acids is 1. The van der Waals surface area contributed by atoms with Crippen molar-refractivity contribution in [1.82, 2.24) is 0 Å². The summed E-state index contributed by atoms with van der Waals surface area (Å²) in [5, 5.41) is 0. The van der Waals surface area contributed by atoms with Gasteiger partial charge in [0.2, 0.25) is 0 Å². The molecule has 0 aromatic heterocycles. The van der Waals surface area contributed by atoms with Gasteiger partial charge in [0.25, 0.3) is 0 Å². The van der Waals surface area contributed by atoms with E-state index in [0.29, 0.717) is 6.61 Å². The molecule has 0 saturated heterocycles. The summed E-state index contributed by atoms with van der Waals surface area (Å²) in [6, 6.07) is 8.20. The minimum atomic E-state index is -0.247. The van der Waals surface area contributed by atoms with E-state index < -0.39 is 0 Å². The van der Waals surface area contributed by atoms with Gasteiger partial charge in [-0.05, 0) is 23.6 Å². The average Bonchev–Trinajstić information content (AvgIpc) is 2.24. The molecule has 0 aliphatic rings. The first-order valence-corrected chi connectivity index (χ1v) is 5.12. The molecule has 0 heterocycles. The van der Waals surface area contributed by atoms with E-state index in [4.69, 9.17) is 4.74 Å². The van der Waals surface area contributed by atoms with Crippen LogP contribution in [0.2, 0.25) is 0 Å². The molecule has 0 amide bonds. The highest BCUT2D eigenvalue weighted by atomic mass is 16.5. The Morgan fingerprint density at radius 3 is 2.80 bits per heavy atom. The zero-order valence-electron chi connectivity index (χ0n) is 9.19. The van der Waals surface area contributed by atoms with E-state index in [1.807, 2.05) is 24.3 Å². The third-order valence-corrected chi connectivity index (χ3v) is 2.12. The molecule has 0 aliphatic heterocycles. The van der Waals surface area contributed by atoms with E-state index in [0.717, 1.165) is 6.42 Å². The van der Waals surface area contributed by atoms with Crippen molar-refractivity contribution in [3.8, 4) is 0 Å². The largest absolute Gasteiger partial charge is 0.462 e. The maximum absolute atomic E-state index is 10.5. The van der Waals surface area contributed by atoms with Crippen LogP contribution in [0.25, 0.3) is 6.08 Å². The second-order valence-electron chi connectivity index (χ2n) is 3.26. The maximum Gasteiger partial charge on any atom is 0.302 e. The monoisotopic (exact) mass is 204 g/mol. The van der Waals surface area contributed by atoms with Crippen molar-refractivity contribution < 1.29 is 9.53 Å². The van der Waals surface area contributed by atoms with Crippen LogP contribution in [0, 0.1) is 0 Å². The molecule has 1 aromatic rings. The number of rotatable bonds is 4. The molecule has 0 bridgehead atoms. The standard InChI is InChI=1S/C13H16O2/c1-3-12-7-4-5-8-13(12)9-6-10-15-11(2)14/h4-9H,3,10H2,1-2H3/b9-6+. The van der Waals surface area contributed by atoms with Gasteiger partial charge in [-0.15, -0.1) is 0 Å². The van der Waals surface area contributed by atoms with Crippen LogP contribution in [0.4, 0.5) is 0 Å². The van der Waals surface area contributed by atoms with E-state index in [2.05, 4.69) is 19.1 Å². The predicted octanol–water partition coefficient (Wildman–Crippen LogP) is 2.83. The Morgan fingerprint density at radius 2 is 2.13 bits per heavy atom. The van der Waals surface area contributed by atoms with Crippen molar-refractivity contribution in [2.75, 3.05) is 6.61 Å². The van der Waals surface area contributed by atoms with Crippen molar-refractivity contribution >= 4 is 12.0 Å². The van der Waals surface area contributed by atoms with Crippen molar-refractivity contribution in [1.29, 1.82) is 0 Å². The molecule has 0 aliphatic carbocycles. The quantitative estimate of drug-likeness (QED) is 0.705. The second kappa shape index (κ2) is 6.02. The Hall–Kier alpha value is -1.57. The molecule has 0 spiro atoms. The number of carbonyl (C=O) groups is 1. The van der Waals surface area contributed by atoms with Gasteiger partial charge in [-0.25, -0.2) is 0 Å². The van der Waals surface area contributed by atoms with Gasteiger partial charge in [-0.1, -0.05) is 37.3 Å². The van der Waals surface area contributed by atoms with Gasteiger partial charge >= 0.3 is 5.97 Å². The second-order valence-corrected chi connectivity index (χ2v) is 3.26. The molecule has 15 heavy (non-hydrogen) atoms. The normalized spacial score (nSPS) is 10.5. The van der Waals surface area contributed by atoms with Crippen LogP contribution in [0.3, 0.4) is 0 Å². The third-order valence-electron chi connectivity index (χ3n) is 2.12. The summed E-state index contributed by atoms with van der Waals surface area (Å²) in [6.07, 6.45) is 4.85. The highest BCUT2D eigenvalue weighted by molar-refractivity contribution is 5.66. The molecule has 80 valence electrons. The van der Waals surface area contributed by atoms with E-state index >= 15 is 0 Å². The minimum Gasteiger partial charge on any atom is -0.462 e. The lowest BCUT2D eigenvalue weighted by atomic mass is 10.1. The Labute approximate surface area is 90.6 Å². The van der Waals surface area contributed by atoms with Crippen molar-refractivity contribution in [2.24, 2.45) is 0 Å². The first-order chi connectivity index (χ1) is 7.24. The first kappa shape index (κ1) is 11.5. The summed E-state index contributed by atoms with van der Waals surface area (Å²) < 4.78 is 4.81. The number of esters is 1. The Kier molecular flexibility index (Phi) is 4.61. The number of aryl methyl sites for hydroxylation is 1. The van der Waals surface area contributed by atoms with Gasteiger partial charge in [0.1, 0.15) is 6.61 Å². The lowest BCUT2D eigenvalue weighted by Gasteiger charge is -2.01. The van der Waals surface area contributed by atoms with Crippen molar-refractivity contribution in [3.05, 3.63) is 41.5 Å². The zero-order valence-corrected chi connectivity index (χ0v) is 9.19. The van der Waals surface area contributed by atoms with Gasteiger partial charge in [0.15, 0.2) is 0 Å². The molecule has 1 rings (SSSR count). The molecule has 0 saturated carbocycles. The number of hydrogen-bond acceptors (Lipinski definition) is 2. The van der Waals surface area contributed by atoms with Gasteiger partial charge in [-0.2, -0.15) is 0 Å². The molecule has 0 radical (unpaired) electrons. The lowest BCUT2D eigenvalue weighted by Crippen LogP contribution is -1.97. The molecular weight excluding hydrogens is 188 g/mol. The highest BCUT2D eigenvalue weighted by Crippen LogP contribution is 2.10. The Morgan fingerprint density at radius 1 is 1.40 bits per heavy atom.